The van der Waals surface area contributed by atoms with E-state index in [1.165, 1.54) is 44.2 Å². The van der Waals surface area contributed by atoms with Crippen LogP contribution in [0.1, 0.15) is 34.6 Å². The highest BCUT2D eigenvalue weighted by Gasteiger charge is 2.22. The van der Waals surface area contributed by atoms with Crippen LogP contribution in [0.25, 0.3) is 0 Å². The van der Waals surface area contributed by atoms with Gasteiger partial charge in [0.25, 0.3) is 0 Å². The number of nitrogens with one attached hydrogen (secondary N) is 1. The van der Waals surface area contributed by atoms with Crippen molar-refractivity contribution in [3.8, 4) is 5.75 Å². The largest absolute Gasteiger partial charge is 0.507 e. The van der Waals surface area contributed by atoms with Gasteiger partial charge in [0.15, 0.2) is 6.10 Å². The van der Waals surface area contributed by atoms with Crippen LogP contribution in [0.2, 0.25) is 5.02 Å². The van der Waals surface area contributed by atoms with Crippen molar-refractivity contribution in [3.63, 3.8) is 0 Å². The molecule has 0 aliphatic carbocycles. The van der Waals surface area contributed by atoms with Crippen molar-refractivity contribution >= 4 is 34.9 Å². The molecule has 0 unspecified atom stereocenters. The third-order valence-corrected chi connectivity index (χ3v) is 3.56. The number of Topliss-reactive ketones (excluding diaryl/α,β-unsaturated/α-hetero) is 1. The number of esters is 1. The number of aromatic hydroxyl groups is 1. The third-order valence-electron chi connectivity index (χ3n) is 3.32. The first-order valence-electron chi connectivity index (χ1n) is 7.39. The van der Waals surface area contributed by atoms with Crippen molar-refractivity contribution in [2.45, 2.75) is 20.0 Å². The van der Waals surface area contributed by atoms with Gasteiger partial charge in [-0.25, -0.2) is 4.79 Å². The highest BCUT2D eigenvalue weighted by molar-refractivity contribution is 6.31. The van der Waals surface area contributed by atoms with Crippen molar-refractivity contribution in [2.75, 3.05) is 5.32 Å². The summed E-state index contributed by atoms with van der Waals surface area (Å²) in [5.41, 5.74) is 0.760. The molecule has 0 aliphatic heterocycles. The van der Waals surface area contributed by atoms with Crippen molar-refractivity contribution in [1.82, 2.24) is 0 Å². The number of halogens is 1. The summed E-state index contributed by atoms with van der Waals surface area (Å²) in [6, 6.07) is 10.2. The number of hydrogen-bond acceptors (Lipinski definition) is 5. The minimum Gasteiger partial charge on any atom is -0.507 e. The Morgan fingerprint density at radius 3 is 2.36 bits per heavy atom. The highest BCUT2D eigenvalue weighted by atomic mass is 35.5. The minimum absolute atomic E-state index is 0.117. The number of carbonyl (C=O) groups excluding carboxylic acids is 3. The number of carbonyl (C=O) groups is 3. The maximum Gasteiger partial charge on any atom is 0.342 e. The van der Waals surface area contributed by atoms with Crippen LogP contribution in [0, 0.1) is 0 Å². The summed E-state index contributed by atoms with van der Waals surface area (Å²) in [6.07, 6.45) is -1.06. The average molecular weight is 362 g/mol. The fourth-order valence-corrected chi connectivity index (χ4v) is 2.28. The Morgan fingerprint density at radius 1 is 1.12 bits per heavy atom. The van der Waals surface area contributed by atoms with Gasteiger partial charge in [0, 0.05) is 23.2 Å². The van der Waals surface area contributed by atoms with E-state index in [1.807, 2.05) is 0 Å². The number of ether oxygens (including phenoxy) is 1. The average Bonchev–Trinajstić information content (AvgIpc) is 2.56. The fourth-order valence-electron chi connectivity index (χ4n) is 2.11. The van der Waals surface area contributed by atoms with Gasteiger partial charge in [-0.2, -0.15) is 0 Å². The molecule has 7 heteroatoms. The second-order valence-electron chi connectivity index (χ2n) is 5.33. The van der Waals surface area contributed by atoms with E-state index >= 15 is 0 Å². The van der Waals surface area contributed by atoms with Gasteiger partial charge < -0.3 is 15.2 Å². The first-order chi connectivity index (χ1) is 11.8. The second kappa shape index (κ2) is 7.81. The molecular weight excluding hydrogens is 346 g/mol. The lowest BCUT2D eigenvalue weighted by atomic mass is 10.1. The van der Waals surface area contributed by atoms with E-state index in [4.69, 9.17) is 16.3 Å². The quantitative estimate of drug-likeness (QED) is 0.628. The van der Waals surface area contributed by atoms with E-state index in [9.17, 15) is 19.5 Å². The standard InChI is InChI=1S/C18H16ClNO5/c1-10(25-18(24)15-9-13(19)5-8-16(15)22)17(23)12-3-6-14(7-4-12)20-11(2)21/h3-10,22H,1-2H3,(H,20,21)/t10-/m0/s1. The predicted octanol–water partition coefficient (Wildman–Crippen LogP) is 3.43. The molecule has 2 aromatic carbocycles. The Bertz CT molecular complexity index is 817. The zero-order chi connectivity index (χ0) is 18.6. The maximum absolute atomic E-state index is 12.3. The van der Waals surface area contributed by atoms with E-state index in [1.54, 1.807) is 12.1 Å². The Kier molecular flexibility index (Phi) is 5.77. The molecule has 2 aromatic rings. The van der Waals surface area contributed by atoms with Crippen molar-refractivity contribution in [1.29, 1.82) is 0 Å². The van der Waals surface area contributed by atoms with Gasteiger partial charge >= 0.3 is 5.97 Å². The van der Waals surface area contributed by atoms with Crippen molar-refractivity contribution in [2.24, 2.45) is 0 Å². The summed E-state index contributed by atoms with van der Waals surface area (Å²) in [4.78, 5) is 35.4. The number of phenols is 1. The summed E-state index contributed by atoms with van der Waals surface area (Å²) < 4.78 is 5.11. The second-order valence-corrected chi connectivity index (χ2v) is 5.77. The molecule has 0 saturated heterocycles. The molecule has 25 heavy (non-hydrogen) atoms. The van der Waals surface area contributed by atoms with Crippen LogP contribution < -0.4 is 5.32 Å². The van der Waals surface area contributed by atoms with Gasteiger partial charge in [-0.3, -0.25) is 9.59 Å². The topological polar surface area (TPSA) is 92.7 Å². The monoisotopic (exact) mass is 361 g/mol. The van der Waals surface area contributed by atoms with Crippen molar-refractivity contribution < 1.29 is 24.2 Å². The minimum atomic E-state index is -1.06. The summed E-state index contributed by atoms with van der Waals surface area (Å²) in [7, 11) is 0. The van der Waals surface area contributed by atoms with E-state index < -0.39 is 17.9 Å². The van der Waals surface area contributed by atoms with E-state index in [2.05, 4.69) is 5.32 Å². The number of rotatable bonds is 5. The molecule has 2 rings (SSSR count). The lowest BCUT2D eigenvalue weighted by molar-refractivity contribution is -0.114. The zero-order valence-corrected chi connectivity index (χ0v) is 14.3. The molecule has 2 N–H and O–H groups in total. The van der Waals surface area contributed by atoms with Gasteiger partial charge in [-0.1, -0.05) is 11.6 Å². The molecule has 0 spiro atoms. The van der Waals surface area contributed by atoms with Gasteiger partial charge in [-0.05, 0) is 49.4 Å². The Labute approximate surface area is 149 Å². The predicted molar refractivity (Wildman–Crippen MR) is 93.1 cm³/mol. The number of phenolic OH excluding ortho intramolecular Hbond substituents is 1. The van der Waals surface area contributed by atoms with Crippen LogP contribution in [0.4, 0.5) is 5.69 Å². The van der Waals surface area contributed by atoms with Gasteiger partial charge in [-0.15, -0.1) is 0 Å². The molecule has 130 valence electrons. The molecule has 0 heterocycles. The Hall–Kier alpha value is -2.86. The van der Waals surface area contributed by atoms with E-state index in [0.29, 0.717) is 11.3 Å². The fraction of sp³-hybridized carbons (Fsp3) is 0.167. The summed E-state index contributed by atoms with van der Waals surface area (Å²) >= 11 is 5.79. The molecule has 0 fully saturated rings. The van der Waals surface area contributed by atoms with Crippen LogP contribution in [-0.2, 0) is 9.53 Å². The molecule has 0 aliphatic rings. The van der Waals surface area contributed by atoms with Crippen LogP contribution >= 0.6 is 11.6 Å². The van der Waals surface area contributed by atoms with Crippen LogP contribution in [0.5, 0.6) is 5.75 Å². The SMILES string of the molecule is CC(=O)Nc1ccc(C(=O)[C@H](C)OC(=O)c2cc(Cl)ccc2O)cc1. The van der Waals surface area contributed by atoms with Crippen LogP contribution in [0.3, 0.4) is 0 Å². The zero-order valence-electron chi connectivity index (χ0n) is 13.6. The highest BCUT2D eigenvalue weighted by Crippen LogP contribution is 2.23. The molecular formula is C18H16ClNO5. The lowest BCUT2D eigenvalue weighted by Crippen LogP contribution is -2.24. The number of hydrogen-bond donors (Lipinski definition) is 2. The molecule has 1 amide bonds. The molecule has 0 radical (unpaired) electrons. The summed E-state index contributed by atoms with van der Waals surface area (Å²) in [5, 5.41) is 12.5. The van der Waals surface area contributed by atoms with Gasteiger partial charge in [0.05, 0.1) is 0 Å². The number of amides is 1. The molecule has 0 aromatic heterocycles. The summed E-state index contributed by atoms with van der Waals surface area (Å²) in [6.45, 7) is 2.81. The lowest BCUT2D eigenvalue weighted by Gasteiger charge is -2.13. The van der Waals surface area contributed by atoms with Crippen LogP contribution in [0.15, 0.2) is 42.5 Å². The van der Waals surface area contributed by atoms with Gasteiger partial charge in [0.2, 0.25) is 11.7 Å². The van der Waals surface area contributed by atoms with E-state index in [-0.39, 0.29) is 22.2 Å². The smallest absolute Gasteiger partial charge is 0.342 e. The van der Waals surface area contributed by atoms with Crippen molar-refractivity contribution in [3.05, 3.63) is 58.6 Å². The summed E-state index contributed by atoms with van der Waals surface area (Å²) in [5.74, 6) is -1.77. The normalized spacial score (nSPS) is 11.5. The third kappa shape index (κ3) is 4.81. The number of ketones is 1. The molecule has 0 saturated carbocycles. The molecule has 1 atom stereocenters. The first-order valence-corrected chi connectivity index (χ1v) is 7.77. The Morgan fingerprint density at radius 2 is 1.76 bits per heavy atom. The molecule has 6 nitrogen and oxygen atoms in total. The molecule has 0 bridgehead atoms. The van der Waals surface area contributed by atoms with E-state index in [0.717, 1.165) is 0 Å². The van der Waals surface area contributed by atoms with Gasteiger partial charge in [0.1, 0.15) is 11.3 Å². The maximum atomic E-state index is 12.3. The number of anilines is 1. The Balaban J connectivity index is 2.08. The van der Waals surface area contributed by atoms with Crippen LogP contribution in [-0.4, -0.2) is 28.9 Å². The number of benzene rings is 2. The first kappa shape index (κ1) is 18.5.